The average Bonchev–Trinajstić information content (AvgIpc) is 2.12. The van der Waals surface area contributed by atoms with Gasteiger partial charge < -0.3 is 15.4 Å². The number of rotatable bonds is 7. The summed E-state index contributed by atoms with van der Waals surface area (Å²) in [4.78, 5) is 13.0. The predicted octanol–water partition coefficient (Wildman–Crippen LogP) is 0.220. The summed E-state index contributed by atoms with van der Waals surface area (Å²) in [7, 11) is 1.98. The predicted molar refractivity (Wildman–Crippen MR) is 52.4 cm³/mol. The quantitative estimate of drug-likeness (QED) is 0.581. The van der Waals surface area contributed by atoms with Crippen molar-refractivity contribution in [2.24, 2.45) is 5.73 Å². The summed E-state index contributed by atoms with van der Waals surface area (Å²) in [5.74, 6) is -0.123. The minimum absolute atomic E-state index is 0.123. The monoisotopic (exact) mass is 188 g/mol. The normalized spacial score (nSPS) is 10.5. The van der Waals surface area contributed by atoms with Crippen LogP contribution in [0, 0.1) is 0 Å². The van der Waals surface area contributed by atoms with E-state index in [1.807, 2.05) is 14.0 Å². The highest BCUT2D eigenvalue weighted by Crippen LogP contribution is 1.92. The van der Waals surface area contributed by atoms with Crippen molar-refractivity contribution in [3.05, 3.63) is 0 Å². The summed E-state index contributed by atoms with van der Waals surface area (Å²) < 4.78 is 4.81. The molecule has 0 amide bonds. The minimum atomic E-state index is -0.123. The maximum Gasteiger partial charge on any atom is 0.307 e. The van der Waals surface area contributed by atoms with E-state index >= 15 is 0 Å². The second-order valence-electron chi connectivity index (χ2n) is 3.00. The molecule has 2 N–H and O–H groups in total. The lowest BCUT2D eigenvalue weighted by atomic mass is 10.3. The molecule has 78 valence electrons. The molecule has 0 fully saturated rings. The molecule has 13 heavy (non-hydrogen) atoms. The minimum Gasteiger partial charge on any atom is -0.466 e. The van der Waals surface area contributed by atoms with Crippen LogP contribution in [0.25, 0.3) is 0 Å². The summed E-state index contributed by atoms with van der Waals surface area (Å²) in [6.45, 7) is 4.67. The molecule has 4 heteroatoms. The van der Waals surface area contributed by atoms with Gasteiger partial charge in [-0.25, -0.2) is 0 Å². The maximum absolute atomic E-state index is 10.9. The Morgan fingerprint density at radius 3 is 2.69 bits per heavy atom. The van der Waals surface area contributed by atoms with Gasteiger partial charge in [0.15, 0.2) is 0 Å². The highest BCUT2D eigenvalue weighted by atomic mass is 16.5. The lowest BCUT2D eigenvalue weighted by Crippen LogP contribution is -2.25. The Morgan fingerprint density at radius 2 is 2.15 bits per heavy atom. The van der Waals surface area contributed by atoms with E-state index in [4.69, 9.17) is 10.5 Å². The fraction of sp³-hybridized carbons (Fsp3) is 0.889. The number of nitrogens with zero attached hydrogens (tertiary/aromatic N) is 1. The zero-order chi connectivity index (χ0) is 10.1. The van der Waals surface area contributed by atoms with Crippen molar-refractivity contribution in [1.82, 2.24) is 4.90 Å². The van der Waals surface area contributed by atoms with Crippen LogP contribution in [-0.2, 0) is 9.53 Å². The van der Waals surface area contributed by atoms with Crippen molar-refractivity contribution in [1.29, 1.82) is 0 Å². The molecular weight excluding hydrogens is 168 g/mol. The van der Waals surface area contributed by atoms with Crippen LogP contribution in [0.15, 0.2) is 0 Å². The molecule has 0 spiro atoms. The van der Waals surface area contributed by atoms with Crippen molar-refractivity contribution in [2.75, 3.05) is 33.3 Å². The van der Waals surface area contributed by atoms with Gasteiger partial charge >= 0.3 is 5.97 Å². The van der Waals surface area contributed by atoms with Gasteiger partial charge in [-0.05, 0) is 33.5 Å². The largest absolute Gasteiger partial charge is 0.466 e. The van der Waals surface area contributed by atoms with E-state index in [1.165, 1.54) is 0 Å². The number of carbonyl (C=O) groups excluding carboxylic acids is 1. The van der Waals surface area contributed by atoms with Crippen molar-refractivity contribution in [3.8, 4) is 0 Å². The summed E-state index contributed by atoms with van der Waals surface area (Å²) >= 11 is 0. The summed E-state index contributed by atoms with van der Waals surface area (Å²) in [6, 6.07) is 0. The van der Waals surface area contributed by atoms with Gasteiger partial charge in [-0.3, -0.25) is 4.79 Å². The first-order valence-corrected chi connectivity index (χ1v) is 4.75. The second-order valence-corrected chi connectivity index (χ2v) is 3.00. The van der Waals surface area contributed by atoms with Crippen LogP contribution in [-0.4, -0.2) is 44.2 Å². The van der Waals surface area contributed by atoms with Crippen LogP contribution < -0.4 is 5.73 Å². The molecule has 0 bridgehead atoms. The first-order valence-electron chi connectivity index (χ1n) is 4.75. The molecule has 0 aliphatic heterocycles. The molecule has 0 rings (SSSR count). The molecule has 0 aromatic carbocycles. The third-order valence-corrected chi connectivity index (χ3v) is 1.75. The highest BCUT2D eigenvalue weighted by molar-refractivity contribution is 5.69. The van der Waals surface area contributed by atoms with Crippen molar-refractivity contribution >= 4 is 5.97 Å². The Labute approximate surface area is 80.0 Å². The first-order chi connectivity index (χ1) is 6.20. The van der Waals surface area contributed by atoms with Crippen molar-refractivity contribution < 1.29 is 9.53 Å². The maximum atomic E-state index is 10.9. The van der Waals surface area contributed by atoms with Crippen LogP contribution in [0.3, 0.4) is 0 Å². The van der Waals surface area contributed by atoms with Crippen LogP contribution in [0.1, 0.15) is 19.8 Å². The fourth-order valence-electron chi connectivity index (χ4n) is 0.988. The number of hydrogen-bond acceptors (Lipinski definition) is 4. The smallest absolute Gasteiger partial charge is 0.307 e. The fourth-order valence-corrected chi connectivity index (χ4v) is 0.988. The number of nitrogens with two attached hydrogens (primary N) is 1. The molecule has 0 heterocycles. The topological polar surface area (TPSA) is 55.6 Å². The molecule has 0 aliphatic rings. The van der Waals surface area contributed by atoms with E-state index in [1.54, 1.807) is 0 Å². The van der Waals surface area contributed by atoms with E-state index in [-0.39, 0.29) is 5.97 Å². The molecule has 0 saturated carbocycles. The first kappa shape index (κ1) is 12.4. The zero-order valence-corrected chi connectivity index (χ0v) is 8.58. The molecule has 0 saturated heterocycles. The average molecular weight is 188 g/mol. The van der Waals surface area contributed by atoms with Gasteiger partial charge in [-0.1, -0.05) is 0 Å². The van der Waals surface area contributed by atoms with Crippen molar-refractivity contribution in [3.63, 3.8) is 0 Å². The van der Waals surface area contributed by atoms with Crippen LogP contribution in [0.2, 0.25) is 0 Å². The molecule has 4 nitrogen and oxygen atoms in total. The molecule has 0 aliphatic carbocycles. The van der Waals surface area contributed by atoms with Gasteiger partial charge in [-0.15, -0.1) is 0 Å². The Bertz CT molecular complexity index is 140. The van der Waals surface area contributed by atoms with Gasteiger partial charge in [0, 0.05) is 6.54 Å². The number of hydrogen-bond donors (Lipinski definition) is 1. The highest BCUT2D eigenvalue weighted by Gasteiger charge is 2.03. The number of ether oxygens (including phenoxy) is 1. The van der Waals surface area contributed by atoms with Crippen LogP contribution in [0.4, 0.5) is 0 Å². The third-order valence-electron chi connectivity index (χ3n) is 1.75. The van der Waals surface area contributed by atoms with Gasteiger partial charge in [0.05, 0.1) is 13.0 Å². The van der Waals surface area contributed by atoms with Gasteiger partial charge in [-0.2, -0.15) is 0 Å². The standard InChI is InChI=1S/C9H20N2O2/c1-3-13-9(12)5-8-11(2)7-4-6-10/h3-8,10H2,1-2H3. The lowest BCUT2D eigenvalue weighted by molar-refractivity contribution is -0.143. The number of esters is 1. The molecule has 0 atom stereocenters. The van der Waals surface area contributed by atoms with E-state index < -0.39 is 0 Å². The van der Waals surface area contributed by atoms with Gasteiger partial charge in [0.25, 0.3) is 0 Å². The SMILES string of the molecule is CCOC(=O)CCN(C)CCCN. The Morgan fingerprint density at radius 1 is 1.46 bits per heavy atom. The Hall–Kier alpha value is -0.610. The Balaban J connectivity index is 3.34. The summed E-state index contributed by atoms with van der Waals surface area (Å²) in [5, 5.41) is 0. The van der Waals surface area contributed by atoms with E-state index in [9.17, 15) is 4.79 Å². The summed E-state index contributed by atoms with van der Waals surface area (Å²) in [5.41, 5.74) is 5.36. The Kier molecular flexibility index (Phi) is 7.63. The van der Waals surface area contributed by atoms with E-state index in [0.717, 1.165) is 19.5 Å². The van der Waals surface area contributed by atoms with E-state index in [0.29, 0.717) is 19.6 Å². The molecular formula is C9H20N2O2. The second kappa shape index (κ2) is 8.01. The molecule has 0 aromatic rings. The summed E-state index contributed by atoms with van der Waals surface area (Å²) in [6.07, 6.45) is 1.44. The molecule has 0 unspecified atom stereocenters. The molecule has 0 aromatic heterocycles. The van der Waals surface area contributed by atoms with Crippen LogP contribution in [0.5, 0.6) is 0 Å². The zero-order valence-electron chi connectivity index (χ0n) is 8.58. The lowest BCUT2D eigenvalue weighted by Gasteiger charge is -2.14. The molecule has 0 radical (unpaired) electrons. The van der Waals surface area contributed by atoms with Crippen molar-refractivity contribution in [2.45, 2.75) is 19.8 Å². The van der Waals surface area contributed by atoms with Gasteiger partial charge in [0.1, 0.15) is 0 Å². The third kappa shape index (κ3) is 7.74. The van der Waals surface area contributed by atoms with E-state index in [2.05, 4.69) is 4.90 Å². The van der Waals surface area contributed by atoms with Gasteiger partial charge in [0.2, 0.25) is 0 Å². The number of carbonyl (C=O) groups is 1. The van der Waals surface area contributed by atoms with Crippen LogP contribution >= 0.6 is 0 Å².